The molecule has 0 bridgehead atoms. The predicted molar refractivity (Wildman–Crippen MR) is 177 cm³/mol. The second kappa shape index (κ2) is 17.7. The van der Waals surface area contributed by atoms with E-state index in [1.54, 1.807) is 0 Å². The number of halogens is 6. The zero-order chi connectivity index (χ0) is 38.1. The fourth-order valence-corrected chi connectivity index (χ4v) is 6.40. The molecular formula is C33H42F6N8O5. The molecule has 2 amide bonds. The smallest absolute Gasteiger partial charge is 0.458 e. The Kier molecular flexibility index (Phi) is 13.6. The molecule has 52 heavy (non-hydrogen) atoms. The first kappa shape index (κ1) is 40.1. The van der Waals surface area contributed by atoms with E-state index in [1.807, 2.05) is 0 Å². The number of fused-ring (bicyclic) bond motifs is 1. The maximum absolute atomic E-state index is 12.5. The van der Waals surface area contributed by atoms with E-state index in [1.165, 1.54) is 18.3 Å². The number of ketones is 2. The topological polar surface area (TPSA) is 179 Å². The van der Waals surface area contributed by atoms with E-state index in [9.17, 15) is 50.6 Å². The van der Waals surface area contributed by atoms with Crippen molar-refractivity contribution in [3.8, 4) is 0 Å². The lowest BCUT2D eigenvalue weighted by Gasteiger charge is -2.34. The summed E-state index contributed by atoms with van der Waals surface area (Å²) in [5, 5.41) is 21.9. The van der Waals surface area contributed by atoms with Crippen LogP contribution < -0.4 is 26.2 Å². The number of carbonyl (C=O) groups is 4. The number of carboxylic acid groups (broad SMARTS) is 1. The number of urea groups is 1. The number of aryl methyl sites for hydroxylation is 1. The lowest BCUT2D eigenvalue weighted by Crippen LogP contribution is -2.51. The Balaban J connectivity index is 0.000000434. The molecule has 1 saturated heterocycles. The maximum Gasteiger partial charge on any atom is 0.458 e. The molecule has 4 heterocycles. The summed E-state index contributed by atoms with van der Waals surface area (Å²) in [6.07, 6.45) is 0.142. The molecule has 0 radical (unpaired) electrons. The number of aliphatic carboxylic acids is 1. The molecular weight excluding hydrogens is 702 g/mol. The summed E-state index contributed by atoms with van der Waals surface area (Å²) < 4.78 is 67.0. The molecule has 0 unspecified atom stereocenters. The first-order valence-corrected chi connectivity index (χ1v) is 17.2. The minimum atomic E-state index is -5.77. The van der Waals surface area contributed by atoms with Crippen LogP contribution >= 0.6 is 0 Å². The number of anilines is 3. The van der Waals surface area contributed by atoms with Crippen LogP contribution in [-0.2, 0) is 27.2 Å². The Labute approximate surface area is 295 Å². The van der Waals surface area contributed by atoms with Gasteiger partial charge in [-0.15, -0.1) is 0 Å². The third-order valence-electron chi connectivity index (χ3n) is 9.14. The van der Waals surface area contributed by atoms with Crippen molar-refractivity contribution in [1.29, 1.82) is 0 Å². The number of amides is 2. The number of carboxylic acids is 1. The van der Waals surface area contributed by atoms with E-state index < -0.39 is 42.0 Å². The van der Waals surface area contributed by atoms with E-state index >= 15 is 0 Å². The van der Waals surface area contributed by atoms with Gasteiger partial charge in [0.25, 0.3) is 0 Å². The van der Waals surface area contributed by atoms with E-state index in [4.69, 9.17) is 4.98 Å². The minimum absolute atomic E-state index is 0.0248. The number of carbonyl (C=O) groups excluding carboxylic acids is 3. The van der Waals surface area contributed by atoms with Crippen molar-refractivity contribution in [1.82, 2.24) is 25.6 Å². The van der Waals surface area contributed by atoms with Crippen molar-refractivity contribution in [3.05, 3.63) is 35.3 Å². The highest BCUT2D eigenvalue weighted by atomic mass is 19.4. The van der Waals surface area contributed by atoms with Crippen molar-refractivity contribution < 1.29 is 50.6 Å². The van der Waals surface area contributed by atoms with E-state index in [0.29, 0.717) is 18.2 Å². The first-order chi connectivity index (χ1) is 24.6. The Morgan fingerprint density at radius 1 is 0.942 bits per heavy atom. The highest BCUT2D eigenvalue weighted by Crippen LogP contribution is 2.33. The molecule has 0 aromatic carbocycles. The van der Waals surface area contributed by atoms with Gasteiger partial charge in [-0.3, -0.25) is 9.59 Å². The van der Waals surface area contributed by atoms with E-state index in [2.05, 4.69) is 55.2 Å². The molecule has 1 atom stereocenters. The molecule has 3 aliphatic rings. The average Bonchev–Trinajstić information content (AvgIpc) is 3.12. The largest absolute Gasteiger partial charge is 0.480 e. The summed E-state index contributed by atoms with van der Waals surface area (Å²) >= 11 is 0. The normalized spacial score (nSPS) is 17.4. The van der Waals surface area contributed by atoms with E-state index in [-0.39, 0.29) is 12.6 Å². The van der Waals surface area contributed by atoms with Crippen molar-refractivity contribution in [2.75, 3.05) is 41.7 Å². The van der Waals surface area contributed by atoms with Gasteiger partial charge >= 0.3 is 35.9 Å². The van der Waals surface area contributed by atoms with Crippen molar-refractivity contribution >= 4 is 41.0 Å². The quantitative estimate of drug-likeness (QED) is 0.165. The summed E-state index contributed by atoms with van der Waals surface area (Å²) in [6, 6.07) is 3.01. The number of hydrogen-bond acceptors (Lipinski definition) is 10. The summed E-state index contributed by atoms with van der Waals surface area (Å²) in [7, 11) is 0. The number of Topliss-reactive ketones (excluding diaryl/α,β-unsaturated/α-hetero) is 2. The van der Waals surface area contributed by atoms with Gasteiger partial charge in [0, 0.05) is 49.4 Å². The van der Waals surface area contributed by atoms with Crippen LogP contribution in [0.25, 0.3) is 0 Å². The lowest BCUT2D eigenvalue weighted by atomic mass is 9.92. The zero-order valence-electron chi connectivity index (χ0n) is 28.5. The fraction of sp³-hybridized carbons (Fsp3) is 0.606. The van der Waals surface area contributed by atoms with Gasteiger partial charge in [0.2, 0.25) is 0 Å². The molecule has 13 nitrogen and oxygen atoms in total. The van der Waals surface area contributed by atoms with Crippen LogP contribution in [0.3, 0.4) is 0 Å². The molecule has 1 saturated carbocycles. The summed E-state index contributed by atoms with van der Waals surface area (Å²) in [5.74, 6) is -4.95. The fourth-order valence-electron chi connectivity index (χ4n) is 6.40. The lowest BCUT2D eigenvalue weighted by molar-refractivity contribution is -0.193. The van der Waals surface area contributed by atoms with Crippen LogP contribution in [0.4, 0.5) is 48.6 Å². The monoisotopic (exact) mass is 744 g/mol. The molecule has 1 aliphatic carbocycles. The van der Waals surface area contributed by atoms with Crippen molar-refractivity contribution in [2.24, 2.45) is 0 Å². The molecule has 286 valence electrons. The number of nitrogens with zero attached hydrogens (tertiary/aromatic N) is 4. The Bertz CT molecular complexity index is 1550. The number of aromatic nitrogens is 3. The van der Waals surface area contributed by atoms with Crippen LogP contribution in [0.2, 0.25) is 0 Å². The SMILES string of the molecule is CCc1c(NC[C@H](NC(=O)NC2CCCCC2)C(=O)O)ncnc1N1CCC(c2ccc3c(n2)NCCC3)CC1.O=C(C(=O)C(F)(F)F)C(F)(F)F. The molecule has 2 aliphatic heterocycles. The number of piperidine rings is 1. The molecule has 5 N–H and O–H groups in total. The van der Waals surface area contributed by atoms with Crippen LogP contribution in [0, 0.1) is 0 Å². The van der Waals surface area contributed by atoms with Crippen LogP contribution in [-0.4, -0.2) is 94.2 Å². The van der Waals surface area contributed by atoms with Gasteiger partial charge in [-0.2, -0.15) is 26.3 Å². The standard InChI is InChI=1S/C29H42N8O3.C4F6O2/c1-2-22-26(31-17-24(28(38)39)36-29(40)34-21-8-4-3-5-9-21)32-18-33-27(22)37-15-12-19(13-16-37)23-11-10-20-7-6-14-30-25(20)35-23;5-3(6,7)1(11)2(12)4(8,9)10/h10-11,18-19,21,24H,2-9,12-17H2,1H3,(H,30,35)(H,38,39)(H,31,32,33)(H2,34,36,40);/t24-;/m0./s1. The summed E-state index contributed by atoms with van der Waals surface area (Å²) in [4.78, 5) is 59.9. The molecule has 19 heteroatoms. The molecule has 2 aromatic heterocycles. The van der Waals surface area contributed by atoms with Crippen molar-refractivity contribution in [2.45, 2.75) is 101 Å². The Morgan fingerprint density at radius 3 is 2.19 bits per heavy atom. The zero-order valence-corrected chi connectivity index (χ0v) is 28.5. The number of nitrogens with one attached hydrogen (secondary N) is 4. The number of pyridine rings is 1. The van der Waals surface area contributed by atoms with Crippen LogP contribution in [0.1, 0.15) is 81.0 Å². The first-order valence-electron chi connectivity index (χ1n) is 17.2. The third-order valence-corrected chi connectivity index (χ3v) is 9.14. The minimum Gasteiger partial charge on any atom is -0.480 e. The summed E-state index contributed by atoms with van der Waals surface area (Å²) in [6.45, 7) is 4.79. The number of alkyl halides is 6. The molecule has 2 fully saturated rings. The van der Waals surface area contributed by atoms with Gasteiger partial charge < -0.3 is 31.3 Å². The molecule has 5 rings (SSSR count). The summed E-state index contributed by atoms with van der Waals surface area (Å²) in [5.41, 5.74) is 3.42. The van der Waals surface area contributed by atoms with Crippen LogP contribution in [0.5, 0.6) is 0 Å². The Hall–Kier alpha value is -4.71. The molecule has 2 aromatic rings. The highest BCUT2D eigenvalue weighted by Gasteiger charge is 2.54. The average molecular weight is 745 g/mol. The number of hydrogen-bond donors (Lipinski definition) is 5. The highest BCUT2D eigenvalue weighted by molar-refractivity contribution is 6.41. The van der Waals surface area contributed by atoms with Gasteiger partial charge in [0.1, 0.15) is 29.8 Å². The van der Waals surface area contributed by atoms with Gasteiger partial charge in [-0.25, -0.2) is 24.5 Å². The van der Waals surface area contributed by atoms with Crippen LogP contribution in [0.15, 0.2) is 18.5 Å². The van der Waals surface area contributed by atoms with Gasteiger partial charge in [-0.1, -0.05) is 32.3 Å². The van der Waals surface area contributed by atoms with Gasteiger partial charge in [-0.05, 0) is 56.6 Å². The second-order valence-electron chi connectivity index (χ2n) is 12.8. The van der Waals surface area contributed by atoms with Gasteiger partial charge in [0.15, 0.2) is 0 Å². The predicted octanol–water partition coefficient (Wildman–Crippen LogP) is 4.92. The second-order valence-corrected chi connectivity index (χ2v) is 12.8. The van der Waals surface area contributed by atoms with Gasteiger partial charge in [0.05, 0.1) is 0 Å². The number of rotatable bonds is 10. The van der Waals surface area contributed by atoms with E-state index in [0.717, 1.165) is 93.9 Å². The maximum atomic E-state index is 12.5. The molecule has 0 spiro atoms. The third kappa shape index (κ3) is 10.9. The Morgan fingerprint density at radius 2 is 1.60 bits per heavy atom. The van der Waals surface area contributed by atoms with Crippen molar-refractivity contribution in [3.63, 3.8) is 0 Å².